The van der Waals surface area contributed by atoms with Crippen molar-refractivity contribution >= 4 is 5.82 Å². The first kappa shape index (κ1) is 9.40. The molecule has 0 aliphatic carbocycles. The Kier molecular flexibility index (Phi) is 2.93. The van der Waals surface area contributed by atoms with Crippen molar-refractivity contribution in [3.63, 3.8) is 0 Å². The number of hydrogen-bond donors (Lipinski definition) is 2. The lowest BCUT2D eigenvalue weighted by molar-refractivity contribution is 0.453. The maximum Gasteiger partial charge on any atom is 0.147 e. The molecule has 2 rings (SSSR count). The normalized spacial score (nSPS) is 18.1. The average Bonchev–Trinajstić information content (AvgIpc) is 2.30. The quantitative estimate of drug-likeness (QED) is 0.733. The van der Waals surface area contributed by atoms with Crippen molar-refractivity contribution in [3.05, 3.63) is 18.1 Å². The van der Waals surface area contributed by atoms with Crippen LogP contribution in [0.5, 0.6) is 0 Å². The molecule has 1 aliphatic rings. The molecule has 1 aromatic rings. The monoisotopic (exact) mass is 192 g/mol. The van der Waals surface area contributed by atoms with Crippen LogP contribution in [0.3, 0.4) is 0 Å². The molecule has 0 aromatic carbocycles. The van der Waals surface area contributed by atoms with Crippen molar-refractivity contribution in [3.8, 4) is 0 Å². The average molecular weight is 192 g/mol. The van der Waals surface area contributed by atoms with Crippen LogP contribution in [0.1, 0.15) is 24.5 Å². The molecule has 0 atom stereocenters. The van der Waals surface area contributed by atoms with Gasteiger partial charge in [-0.2, -0.15) is 0 Å². The maximum absolute atomic E-state index is 4.42. The SMILES string of the molecule is CNc1nccnc1C1CCNCC1. The Morgan fingerprint density at radius 3 is 2.71 bits per heavy atom. The van der Waals surface area contributed by atoms with E-state index < -0.39 is 0 Å². The number of rotatable bonds is 2. The minimum absolute atomic E-state index is 0.562. The zero-order chi connectivity index (χ0) is 9.80. The third kappa shape index (κ3) is 1.85. The second-order valence-electron chi connectivity index (χ2n) is 3.56. The number of piperidine rings is 1. The molecular formula is C10H16N4. The summed E-state index contributed by atoms with van der Waals surface area (Å²) in [5.74, 6) is 1.49. The van der Waals surface area contributed by atoms with Gasteiger partial charge in [0.1, 0.15) is 5.82 Å². The number of aromatic nitrogens is 2. The van der Waals surface area contributed by atoms with Crippen molar-refractivity contribution in [2.45, 2.75) is 18.8 Å². The molecule has 2 heterocycles. The molecule has 0 spiro atoms. The first-order chi connectivity index (χ1) is 6.92. The molecule has 4 nitrogen and oxygen atoms in total. The van der Waals surface area contributed by atoms with Crippen molar-refractivity contribution < 1.29 is 0 Å². The summed E-state index contributed by atoms with van der Waals surface area (Å²) < 4.78 is 0. The predicted molar refractivity (Wildman–Crippen MR) is 56.4 cm³/mol. The minimum Gasteiger partial charge on any atom is -0.372 e. The summed E-state index contributed by atoms with van der Waals surface area (Å²) in [6.07, 6.45) is 5.83. The molecule has 0 saturated carbocycles. The lowest BCUT2D eigenvalue weighted by Gasteiger charge is -2.23. The van der Waals surface area contributed by atoms with Gasteiger partial charge in [0.2, 0.25) is 0 Å². The van der Waals surface area contributed by atoms with Gasteiger partial charge in [-0.1, -0.05) is 0 Å². The van der Waals surface area contributed by atoms with Gasteiger partial charge in [-0.25, -0.2) is 4.98 Å². The summed E-state index contributed by atoms with van der Waals surface area (Å²) in [6.45, 7) is 2.18. The lowest BCUT2D eigenvalue weighted by atomic mass is 9.94. The summed E-state index contributed by atoms with van der Waals surface area (Å²) in [7, 11) is 1.90. The van der Waals surface area contributed by atoms with Crippen LogP contribution in [0, 0.1) is 0 Å². The molecule has 1 aromatic heterocycles. The highest BCUT2D eigenvalue weighted by Gasteiger charge is 2.19. The summed E-state index contributed by atoms with van der Waals surface area (Å²) in [4.78, 5) is 8.70. The van der Waals surface area contributed by atoms with Gasteiger partial charge >= 0.3 is 0 Å². The minimum atomic E-state index is 0.562. The molecule has 76 valence electrons. The Labute approximate surface area is 84.2 Å². The van der Waals surface area contributed by atoms with Crippen LogP contribution >= 0.6 is 0 Å². The van der Waals surface area contributed by atoms with Crippen LogP contribution in [-0.2, 0) is 0 Å². The van der Waals surface area contributed by atoms with Crippen LogP contribution in [-0.4, -0.2) is 30.1 Å². The molecule has 0 radical (unpaired) electrons. The first-order valence-electron chi connectivity index (χ1n) is 5.11. The molecule has 0 unspecified atom stereocenters. The summed E-state index contributed by atoms with van der Waals surface area (Å²) >= 11 is 0. The summed E-state index contributed by atoms with van der Waals surface area (Å²) in [5, 5.41) is 6.45. The maximum atomic E-state index is 4.42. The fourth-order valence-corrected chi connectivity index (χ4v) is 1.94. The summed E-state index contributed by atoms with van der Waals surface area (Å²) in [6, 6.07) is 0. The number of nitrogens with one attached hydrogen (secondary N) is 2. The molecule has 1 saturated heterocycles. The predicted octanol–water partition coefficient (Wildman–Crippen LogP) is 0.985. The standard InChI is InChI=1S/C10H16N4/c1-11-10-9(13-6-7-14-10)8-2-4-12-5-3-8/h6-8,12H,2-5H2,1H3,(H,11,14). The third-order valence-electron chi connectivity index (χ3n) is 2.69. The first-order valence-corrected chi connectivity index (χ1v) is 5.11. The second kappa shape index (κ2) is 4.37. The van der Waals surface area contributed by atoms with E-state index in [9.17, 15) is 0 Å². The molecule has 0 amide bonds. The molecule has 0 bridgehead atoms. The van der Waals surface area contributed by atoms with Crippen LogP contribution < -0.4 is 10.6 Å². The fraction of sp³-hybridized carbons (Fsp3) is 0.600. The van der Waals surface area contributed by atoms with E-state index in [1.165, 1.54) is 0 Å². The molecular weight excluding hydrogens is 176 g/mol. The van der Waals surface area contributed by atoms with E-state index in [-0.39, 0.29) is 0 Å². The van der Waals surface area contributed by atoms with Crippen LogP contribution in [0.4, 0.5) is 5.82 Å². The Morgan fingerprint density at radius 1 is 1.29 bits per heavy atom. The zero-order valence-electron chi connectivity index (χ0n) is 8.45. The smallest absolute Gasteiger partial charge is 0.147 e. The lowest BCUT2D eigenvalue weighted by Crippen LogP contribution is -2.27. The molecule has 1 fully saturated rings. The Bertz CT molecular complexity index is 294. The van der Waals surface area contributed by atoms with Crippen molar-refractivity contribution in [2.75, 3.05) is 25.5 Å². The second-order valence-corrected chi connectivity index (χ2v) is 3.56. The fourth-order valence-electron chi connectivity index (χ4n) is 1.94. The highest BCUT2D eigenvalue weighted by Crippen LogP contribution is 2.27. The van der Waals surface area contributed by atoms with E-state index >= 15 is 0 Å². The number of anilines is 1. The Balaban J connectivity index is 2.20. The van der Waals surface area contributed by atoms with Crippen molar-refractivity contribution in [1.29, 1.82) is 0 Å². The Hall–Kier alpha value is -1.16. The van der Waals surface area contributed by atoms with Gasteiger partial charge in [0, 0.05) is 25.4 Å². The molecule has 2 N–H and O–H groups in total. The van der Waals surface area contributed by atoms with Gasteiger partial charge in [0.15, 0.2) is 0 Å². The van der Waals surface area contributed by atoms with E-state index in [1.54, 1.807) is 12.4 Å². The van der Waals surface area contributed by atoms with E-state index in [1.807, 2.05) is 7.05 Å². The third-order valence-corrected chi connectivity index (χ3v) is 2.69. The zero-order valence-corrected chi connectivity index (χ0v) is 8.45. The van der Waals surface area contributed by atoms with Crippen LogP contribution in [0.15, 0.2) is 12.4 Å². The molecule has 1 aliphatic heterocycles. The topological polar surface area (TPSA) is 49.8 Å². The molecule has 4 heteroatoms. The van der Waals surface area contributed by atoms with Gasteiger partial charge in [0.05, 0.1) is 5.69 Å². The van der Waals surface area contributed by atoms with Crippen molar-refractivity contribution in [2.24, 2.45) is 0 Å². The van der Waals surface area contributed by atoms with Crippen LogP contribution in [0.2, 0.25) is 0 Å². The van der Waals surface area contributed by atoms with E-state index in [2.05, 4.69) is 20.6 Å². The van der Waals surface area contributed by atoms with E-state index in [0.29, 0.717) is 5.92 Å². The van der Waals surface area contributed by atoms with Crippen molar-refractivity contribution in [1.82, 2.24) is 15.3 Å². The summed E-state index contributed by atoms with van der Waals surface area (Å²) in [5.41, 5.74) is 1.12. The van der Waals surface area contributed by atoms with E-state index in [0.717, 1.165) is 37.4 Å². The highest BCUT2D eigenvalue weighted by molar-refractivity contribution is 5.40. The number of hydrogen-bond acceptors (Lipinski definition) is 4. The van der Waals surface area contributed by atoms with Gasteiger partial charge in [-0.05, 0) is 25.9 Å². The van der Waals surface area contributed by atoms with Gasteiger partial charge in [-0.3, -0.25) is 4.98 Å². The van der Waals surface area contributed by atoms with Crippen LogP contribution in [0.25, 0.3) is 0 Å². The molecule has 14 heavy (non-hydrogen) atoms. The highest BCUT2D eigenvalue weighted by atomic mass is 15.0. The van der Waals surface area contributed by atoms with Gasteiger partial charge in [0.25, 0.3) is 0 Å². The number of nitrogens with zero attached hydrogens (tertiary/aromatic N) is 2. The largest absolute Gasteiger partial charge is 0.372 e. The Morgan fingerprint density at radius 2 is 2.00 bits per heavy atom. The van der Waals surface area contributed by atoms with E-state index in [4.69, 9.17) is 0 Å². The van der Waals surface area contributed by atoms with Gasteiger partial charge in [-0.15, -0.1) is 0 Å². The van der Waals surface area contributed by atoms with Gasteiger partial charge < -0.3 is 10.6 Å².